The van der Waals surface area contributed by atoms with Gasteiger partial charge in [0, 0.05) is 37.2 Å². The van der Waals surface area contributed by atoms with Crippen LogP contribution < -0.4 is 4.90 Å². The molecular formula is C26H30FN3O4. The molecule has 2 saturated carbocycles. The second-order valence-corrected chi connectivity index (χ2v) is 9.42. The van der Waals surface area contributed by atoms with Crippen LogP contribution in [0.4, 0.5) is 14.9 Å². The van der Waals surface area contributed by atoms with E-state index in [1.54, 1.807) is 29.3 Å². The molecule has 1 N–H and O–H groups in total. The van der Waals surface area contributed by atoms with Crippen molar-refractivity contribution in [3.05, 3.63) is 59.7 Å². The zero-order valence-corrected chi connectivity index (χ0v) is 19.1. The third kappa shape index (κ3) is 4.39. The maximum atomic E-state index is 14.5. The van der Waals surface area contributed by atoms with Gasteiger partial charge in [-0.05, 0) is 61.9 Å². The number of aromatic nitrogens is 1. The van der Waals surface area contributed by atoms with Gasteiger partial charge in [-0.15, -0.1) is 0 Å². The van der Waals surface area contributed by atoms with E-state index in [1.807, 2.05) is 11.0 Å². The molecule has 0 bridgehead atoms. The third-order valence-corrected chi connectivity index (χ3v) is 7.18. The highest BCUT2D eigenvalue weighted by Crippen LogP contribution is 2.53. The molecule has 1 aromatic carbocycles. The minimum Gasteiger partial charge on any atom is -0.443 e. The first-order valence-corrected chi connectivity index (χ1v) is 12.2. The number of pyridine rings is 1. The van der Waals surface area contributed by atoms with E-state index in [-0.39, 0.29) is 49.6 Å². The molecule has 1 aromatic heterocycles. The van der Waals surface area contributed by atoms with Crippen molar-refractivity contribution in [2.45, 2.75) is 69.7 Å². The van der Waals surface area contributed by atoms with E-state index < -0.39 is 11.9 Å². The van der Waals surface area contributed by atoms with E-state index in [1.165, 1.54) is 12.1 Å². The van der Waals surface area contributed by atoms with Gasteiger partial charge in [0.15, 0.2) is 0 Å². The van der Waals surface area contributed by atoms with Gasteiger partial charge >= 0.3 is 6.09 Å². The van der Waals surface area contributed by atoms with Gasteiger partial charge in [-0.3, -0.25) is 14.7 Å². The van der Waals surface area contributed by atoms with Gasteiger partial charge in [0.25, 0.3) is 0 Å². The van der Waals surface area contributed by atoms with Crippen LogP contribution in [-0.4, -0.2) is 45.7 Å². The number of amides is 2. The summed E-state index contributed by atoms with van der Waals surface area (Å²) in [6.07, 6.45) is 6.32. The zero-order valence-electron chi connectivity index (χ0n) is 19.1. The van der Waals surface area contributed by atoms with Crippen LogP contribution in [0.5, 0.6) is 0 Å². The molecule has 7 nitrogen and oxygen atoms in total. The Morgan fingerprint density at radius 3 is 2.76 bits per heavy atom. The Bertz CT molecular complexity index is 1050. The summed E-state index contributed by atoms with van der Waals surface area (Å²) in [5.74, 6) is -0.353. The number of benzene rings is 1. The molecule has 2 fully saturated rings. The lowest BCUT2D eigenvalue weighted by Gasteiger charge is -2.47. The van der Waals surface area contributed by atoms with Crippen molar-refractivity contribution in [1.82, 2.24) is 9.88 Å². The quantitative estimate of drug-likeness (QED) is 0.655. The van der Waals surface area contributed by atoms with Crippen LogP contribution in [0.2, 0.25) is 0 Å². The Labute approximate surface area is 198 Å². The van der Waals surface area contributed by atoms with Crippen molar-refractivity contribution in [1.29, 1.82) is 0 Å². The second kappa shape index (κ2) is 9.70. The Balaban J connectivity index is 1.49. The number of nitrogens with zero attached hydrogens (tertiary/aromatic N) is 3. The molecular weight excluding hydrogens is 437 g/mol. The van der Waals surface area contributed by atoms with Gasteiger partial charge in [-0.2, -0.15) is 0 Å². The van der Waals surface area contributed by atoms with Crippen LogP contribution in [0.3, 0.4) is 0 Å². The summed E-state index contributed by atoms with van der Waals surface area (Å²) in [6, 6.07) is 9.73. The maximum Gasteiger partial charge on any atom is 0.414 e. The molecule has 2 aromatic rings. The number of aliphatic hydroxyl groups is 1. The lowest BCUT2D eigenvalue weighted by Crippen LogP contribution is -2.53. The fourth-order valence-electron chi connectivity index (χ4n) is 5.62. The predicted molar refractivity (Wildman–Crippen MR) is 123 cm³/mol. The van der Waals surface area contributed by atoms with Crippen LogP contribution in [0, 0.1) is 11.7 Å². The first-order valence-electron chi connectivity index (χ1n) is 12.2. The summed E-state index contributed by atoms with van der Waals surface area (Å²) in [5, 5.41) is 9.25. The average molecular weight is 468 g/mol. The predicted octanol–water partition coefficient (Wildman–Crippen LogP) is 4.35. The van der Waals surface area contributed by atoms with E-state index in [9.17, 15) is 19.1 Å². The topological polar surface area (TPSA) is 83.0 Å². The van der Waals surface area contributed by atoms with Crippen molar-refractivity contribution >= 4 is 17.7 Å². The number of rotatable bonds is 7. The van der Waals surface area contributed by atoms with Gasteiger partial charge < -0.3 is 14.7 Å². The molecule has 5 rings (SSSR count). The lowest BCUT2D eigenvalue weighted by molar-refractivity contribution is -0.136. The Hall–Kier alpha value is -3.00. The van der Waals surface area contributed by atoms with Crippen molar-refractivity contribution in [2.75, 3.05) is 11.5 Å². The van der Waals surface area contributed by atoms with Gasteiger partial charge in [-0.1, -0.05) is 18.6 Å². The second-order valence-electron chi connectivity index (χ2n) is 9.42. The summed E-state index contributed by atoms with van der Waals surface area (Å²) in [6.45, 7) is 0.00807. The molecule has 34 heavy (non-hydrogen) atoms. The van der Waals surface area contributed by atoms with E-state index in [4.69, 9.17) is 4.74 Å². The van der Waals surface area contributed by atoms with Gasteiger partial charge in [0.2, 0.25) is 5.91 Å². The van der Waals surface area contributed by atoms with Crippen molar-refractivity contribution in [3.63, 3.8) is 0 Å². The minimum atomic E-state index is -0.516. The molecule has 2 amide bonds. The van der Waals surface area contributed by atoms with E-state index >= 15 is 0 Å². The highest BCUT2D eigenvalue weighted by Gasteiger charge is 2.51. The summed E-state index contributed by atoms with van der Waals surface area (Å²) < 4.78 is 20.1. The molecule has 0 saturated heterocycles. The number of anilines is 1. The van der Waals surface area contributed by atoms with Gasteiger partial charge in [0.1, 0.15) is 12.4 Å². The van der Waals surface area contributed by atoms with Crippen LogP contribution in [0.1, 0.15) is 62.2 Å². The maximum absolute atomic E-state index is 14.5. The molecule has 2 heterocycles. The Kier molecular flexibility index (Phi) is 6.50. The Morgan fingerprint density at radius 1 is 1.18 bits per heavy atom. The summed E-state index contributed by atoms with van der Waals surface area (Å²) in [7, 11) is 0. The summed E-state index contributed by atoms with van der Waals surface area (Å²) in [5.41, 5.74) is 1.92. The monoisotopic (exact) mass is 467 g/mol. The smallest absolute Gasteiger partial charge is 0.414 e. The van der Waals surface area contributed by atoms with Crippen molar-refractivity contribution < 1.29 is 23.8 Å². The molecule has 0 radical (unpaired) electrons. The highest BCUT2D eigenvalue weighted by molar-refractivity contribution is 5.91. The average Bonchev–Trinajstić information content (AvgIpc) is 3.57. The normalized spacial score (nSPS) is 23.2. The number of ether oxygens (including phenoxy) is 1. The minimum absolute atomic E-state index is 0.0219. The molecule has 3 unspecified atom stereocenters. The SMILES string of the molecule is O=C(OCc1ccccn1)N1c2cc(F)ccc2C(N(C(=O)CCCO)C2CC2)C2CCCC21. The fourth-order valence-corrected chi connectivity index (χ4v) is 5.62. The van der Waals surface area contributed by atoms with E-state index in [0.717, 1.165) is 37.7 Å². The summed E-state index contributed by atoms with van der Waals surface area (Å²) in [4.78, 5) is 34.4. The van der Waals surface area contributed by atoms with Crippen LogP contribution in [-0.2, 0) is 16.1 Å². The number of carbonyl (C=O) groups is 2. The number of hydrogen-bond donors (Lipinski definition) is 1. The van der Waals surface area contributed by atoms with Crippen LogP contribution >= 0.6 is 0 Å². The number of carbonyl (C=O) groups excluding carboxylic acids is 2. The third-order valence-electron chi connectivity index (χ3n) is 7.18. The fraction of sp³-hybridized carbons (Fsp3) is 0.500. The van der Waals surface area contributed by atoms with Gasteiger partial charge in [-0.25, -0.2) is 9.18 Å². The molecule has 2 aliphatic carbocycles. The molecule has 8 heteroatoms. The number of halogens is 1. The molecule has 180 valence electrons. The molecule has 3 aliphatic rings. The van der Waals surface area contributed by atoms with Crippen LogP contribution in [0.25, 0.3) is 0 Å². The van der Waals surface area contributed by atoms with Crippen molar-refractivity contribution in [3.8, 4) is 0 Å². The molecule has 3 atom stereocenters. The standard InChI is InChI=1S/C26H30FN3O4/c27-17-9-12-21-23(15-17)30(26(33)34-16-18-5-1-2-13-28-18)22-7-3-6-20(22)25(21)29(19-10-11-19)24(32)8-4-14-31/h1-2,5,9,12-13,15,19-20,22,25,31H,3-4,6-8,10-11,14,16H2. The Morgan fingerprint density at radius 2 is 2.03 bits per heavy atom. The van der Waals surface area contributed by atoms with Gasteiger partial charge in [0.05, 0.1) is 17.4 Å². The highest BCUT2D eigenvalue weighted by atomic mass is 19.1. The largest absolute Gasteiger partial charge is 0.443 e. The first-order chi connectivity index (χ1) is 16.6. The van der Waals surface area contributed by atoms with Crippen LogP contribution in [0.15, 0.2) is 42.6 Å². The number of aliphatic hydroxyl groups excluding tert-OH is 1. The molecule has 0 spiro atoms. The summed E-state index contributed by atoms with van der Waals surface area (Å²) >= 11 is 0. The lowest BCUT2D eigenvalue weighted by atomic mass is 9.81. The number of fused-ring (bicyclic) bond motifs is 2. The van der Waals surface area contributed by atoms with Crippen molar-refractivity contribution in [2.24, 2.45) is 5.92 Å². The molecule has 1 aliphatic heterocycles. The van der Waals surface area contributed by atoms with E-state index in [0.29, 0.717) is 17.8 Å². The first kappa shape index (κ1) is 22.8. The number of hydrogen-bond acceptors (Lipinski definition) is 5. The van der Waals surface area contributed by atoms with E-state index in [2.05, 4.69) is 4.98 Å². The zero-order chi connectivity index (χ0) is 23.7.